The third-order valence-corrected chi connectivity index (χ3v) is 4.02. The van der Waals surface area contributed by atoms with Crippen molar-refractivity contribution in [3.63, 3.8) is 0 Å². The second kappa shape index (κ2) is 5.20. The molecule has 0 N–H and O–H groups in total. The van der Waals surface area contributed by atoms with E-state index in [1.54, 1.807) is 6.07 Å². The van der Waals surface area contributed by atoms with Gasteiger partial charge in [0.05, 0.1) is 4.90 Å². The van der Waals surface area contributed by atoms with Crippen LogP contribution in [0.3, 0.4) is 0 Å². The summed E-state index contributed by atoms with van der Waals surface area (Å²) >= 11 is 3.34. The predicted molar refractivity (Wildman–Crippen MR) is 69.4 cm³/mol. The summed E-state index contributed by atoms with van der Waals surface area (Å²) in [7, 11) is -4.45. The molecule has 3 rings (SSSR count). The molecule has 92 valence electrons. The Morgan fingerprint density at radius 1 is 1.00 bits per heavy atom. The first-order valence-electron chi connectivity index (χ1n) is 5.03. The topological polar surface area (TPSA) is 70.3 Å². The van der Waals surface area contributed by atoms with Crippen molar-refractivity contribution in [2.75, 3.05) is 0 Å². The number of hydrogen-bond donors (Lipinski definition) is 0. The Labute approximate surface area is 139 Å². The molecule has 3 aromatic rings. The van der Waals surface area contributed by atoms with Crippen molar-refractivity contribution in [1.82, 2.24) is 0 Å². The molecular weight excluding hydrogens is 343 g/mol. The maximum Gasteiger partial charge on any atom is 1.00 e. The van der Waals surface area contributed by atoms with Crippen LogP contribution in [-0.2, 0) is 10.1 Å². The van der Waals surface area contributed by atoms with E-state index in [1.165, 1.54) is 18.2 Å². The molecule has 4 nitrogen and oxygen atoms in total. The number of furan rings is 1. The summed E-state index contributed by atoms with van der Waals surface area (Å²) in [5, 5.41) is 1.38. The van der Waals surface area contributed by atoms with Gasteiger partial charge >= 0.3 is 29.6 Å². The molecule has 1 heterocycles. The van der Waals surface area contributed by atoms with Gasteiger partial charge in [0.15, 0.2) is 0 Å². The maximum absolute atomic E-state index is 11.0. The minimum Gasteiger partial charge on any atom is -0.744 e. The molecular formula is C12H6BrNaO4S. The zero-order valence-corrected chi connectivity index (χ0v) is 14.3. The molecule has 0 saturated carbocycles. The Morgan fingerprint density at radius 3 is 2.21 bits per heavy atom. The Kier molecular flexibility index (Phi) is 4.11. The second-order valence-corrected chi connectivity index (χ2v) is 6.15. The van der Waals surface area contributed by atoms with Crippen LogP contribution in [0.1, 0.15) is 0 Å². The molecule has 0 radical (unpaired) electrons. The Hall–Kier alpha value is -0.370. The van der Waals surface area contributed by atoms with Crippen LogP contribution >= 0.6 is 15.9 Å². The first-order valence-corrected chi connectivity index (χ1v) is 7.23. The van der Waals surface area contributed by atoms with Gasteiger partial charge in [-0.1, -0.05) is 15.9 Å². The average molecular weight is 349 g/mol. The van der Waals surface area contributed by atoms with E-state index in [0.29, 0.717) is 16.6 Å². The van der Waals surface area contributed by atoms with Gasteiger partial charge in [-0.3, -0.25) is 0 Å². The molecule has 7 heteroatoms. The van der Waals surface area contributed by atoms with E-state index in [0.717, 1.165) is 9.86 Å². The fourth-order valence-corrected chi connectivity index (χ4v) is 2.74. The fourth-order valence-electron chi connectivity index (χ4n) is 1.88. The Morgan fingerprint density at radius 2 is 1.58 bits per heavy atom. The molecule has 0 amide bonds. The van der Waals surface area contributed by atoms with Gasteiger partial charge in [0.25, 0.3) is 0 Å². The molecule has 0 saturated heterocycles. The summed E-state index contributed by atoms with van der Waals surface area (Å²) in [4.78, 5) is -0.252. The molecule has 0 atom stereocenters. The summed E-state index contributed by atoms with van der Waals surface area (Å²) in [6.45, 7) is 0. The molecule has 0 bridgehead atoms. The van der Waals surface area contributed by atoms with Crippen molar-refractivity contribution in [2.45, 2.75) is 4.90 Å². The van der Waals surface area contributed by atoms with Crippen molar-refractivity contribution < 1.29 is 46.9 Å². The molecule has 2 aromatic carbocycles. The minimum atomic E-state index is -4.45. The SMILES string of the molecule is O=S(=O)([O-])c1ccc2oc3ccc(Br)cc3c2c1.[Na+]. The van der Waals surface area contributed by atoms with E-state index in [2.05, 4.69) is 15.9 Å². The van der Waals surface area contributed by atoms with Crippen molar-refractivity contribution in [3.05, 3.63) is 40.9 Å². The summed E-state index contributed by atoms with van der Waals surface area (Å²) in [6, 6.07) is 9.52. The number of rotatable bonds is 1. The molecule has 0 unspecified atom stereocenters. The normalized spacial score (nSPS) is 11.7. The van der Waals surface area contributed by atoms with Crippen molar-refractivity contribution in [3.8, 4) is 0 Å². The molecule has 19 heavy (non-hydrogen) atoms. The van der Waals surface area contributed by atoms with Gasteiger partial charge in [-0.05, 0) is 36.4 Å². The van der Waals surface area contributed by atoms with Gasteiger partial charge in [-0.25, -0.2) is 8.42 Å². The van der Waals surface area contributed by atoms with Gasteiger partial charge < -0.3 is 8.97 Å². The van der Waals surface area contributed by atoms with Gasteiger partial charge in [-0.2, -0.15) is 0 Å². The minimum absolute atomic E-state index is 0. The van der Waals surface area contributed by atoms with Gasteiger partial charge in [-0.15, -0.1) is 0 Å². The summed E-state index contributed by atoms with van der Waals surface area (Å²) < 4.78 is 39.4. The quantitative estimate of drug-likeness (QED) is 0.467. The van der Waals surface area contributed by atoms with Crippen molar-refractivity contribution in [2.24, 2.45) is 0 Å². The molecule has 0 aliphatic carbocycles. The Bertz CT molecular complexity index is 870. The summed E-state index contributed by atoms with van der Waals surface area (Å²) in [5.41, 5.74) is 1.20. The third-order valence-electron chi connectivity index (χ3n) is 2.69. The van der Waals surface area contributed by atoms with E-state index in [-0.39, 0.29) is 34.5 Å². The van der Waals surface area contributed by atoms with Crippen LogP contribution in [0, 0.1) is 0 Å². The van der Waals surface area contributed by atoms with Gasteiger partial charge in [0.2, 0.25) is 0 Å². The fraction of sp³-hybridized carbons (Fsp3) is 0. The summed E-state index contributed by atoms with van der Waals surface area (Å²) in [6.07, 6.45) is 0. The summed E-state index contributed by atoms with van der Waals surface area (Å²) in [5.74, 6) is 0. The molecule has 0 fully saturated rings. The van der Waals surface area contributed by atoms with Crippen LogP contribution in [0.25, 0.3) is 21.9 Å². The van der Waals surface area contributed by atoms with E-state index in [1.807, 2.05) is 12.1 Å². The molecule has 0 aliphatic rings. The Balaban J connectivity index is 0.00000133. The second-order valence-electron chi connectivity index (χ2n) is 3.85. The number of benzene rings is 2. The average Bonchev–Trinajstić information content (AvgIpc) is 2.65. The van der Waals surface area contributed by atoms with Crippen LogP contribution < -0.4 is 29.6 Å². The van der Waals surface area contributed by atoms with Crippen LogP contribution in [0.15, 0.2) is 50.2 Å². The zero-order valence-electron chi connectivity index (χ0n) is 9.88. The first-order chi connectivity index (χ1) is 8.45. The largest absolute Gasteiger partial charge is 1.00 e. The van der Waals surface area contributed by atoms with Crippen molar-refractivity contribution >= 4 is 48.0 Å². The van der Waals surface area contributed by atoms with E-state index < -0.39 is 10.1 Å². The van der Waals surface area contributed by atoms with Crippen LogP contribution in [0.2, 0.25) is 0 Å². The standard InChI is InChI=1S/C12H7BrO4S.Na/c13-7-1-3-11-9(5-7)10-6-8(18(14,15)16)2-4-12(10)17-11;/h1-6H,(H,14,15,16);/q;+1/p-1. The first kappa shape index (κ1) is 15.0. The zero-order chi connectivity index (χ0) is 12.9. The smallest absolute Gasteiger partial charge is 0.744 e. The van der Waals surface area contributed by atoms with Crippen LogP contribution in [0.4, 0.5) is 0 Å². The van der Waals surface area contributed by atoms with E-state index >= 15 is 0 Å². The molecule has 1 aromatic heterocycles. The van der Waals surface area contributed by atoms with Crippen LogP contribution in [-0.4, -0.2) is 13.0 Å². The third kappa shape index (κ3) is 2.74. The molecule has 0 aliphatic heterocycles. The predicted octanol–water partition coefficient (Wildman–Crippen LogP) is 0.257. The van der Waals surface area contributed by atoms with Crippen molar-refractivity contribution in [1.29, 1.82) is 0 Å². The number of hydrogen-bond acceptors (Lipinski definition) is 4. The monoisotopic (exact) mass is 348 g/mol. The van der Waals surface area contributed by atoms with Gasteiger partial charge in [0.1, 0.15) is 21.3 Å². The number of halogens is 1. The number of fused-ring (bicyclic) bond motifs is 3. The van der Waals surface area contributed by atoms with Gasteiger partial charge in [0, 0.05) is 15.2 Å². The van der Waals surface area contributed by atoms with Crippen LogP contribution in [0.5, 0.6) is 0 Å². The van der Waals surface area contributed by atoms with E-state index in [4.69, 9.17) is 4.42 Å². The maximum atomic E-state index is 11.0. The molecule has 0 spiro atoms. The van der Waals surface area contributed by atoms with E-state index in [9.17, 15) is 13.0 Å².